The summed E-state index contributed by atoms with van der Waals surface area (Å²) in [5, 5.41) is 8.88. The first-order chi connectivity index (χ1) is 10.1. The third-order valence-electron chi connectivity index (χ3n) is 4.26. The van der Waals surface area contributed by atoms with Crippen molar-refractivity contribution in [2.45, 2.75) is 12.5 Å². The number of carboxylic acids is 1. The average molecular weight is 294 g/mol. The highest BCUT2D eigenvalue weighted by atomic mass is 19.1. The van der Waals surface area contributed by atoms with Crippen molar-refractivity contribution in [3.63, 3.8) is 0 Å². The molecule has 2 aliphatic heterocycles. The van der Waals surface area contributed by atoms with E-state index in [1.165, 1.54) is 6.07 Å². The minimum atomic E-state index is -1.10. The molecule has 0 bridgehead atoms. The van der Waals surface area contributed by atoms with Gasteiger partial charge in [0.05, 0.1) is 24.5 Å². The van der Waals surface area contributed by atoms with E-state index in [0.717, 1.165) is 51.9 Å². The lowest BCUT2D eigenvalue weighted by molar-refractivity contribution is 0.0209. The molecule has 1 N–H and O–H groups in total. The largest absolute Gasteiger partial charge is 0.478 e. The van der Waals surface area contributed by atoms with Gasteiger partial charge in [-0.3, -0.25) is 4.90 Å². The zero-order valence-corrected chi connectivity index (χ0v) is 11.8. The molecule has 1 atom stereocenters. The Labute approximate surface area is 122 Å². The summed E-state index contributed by atoms with van der Waals surface area (Å²) in [5.74, 6) is -1.56. The molecule has 114 valence electrons. The number of morpholine rings is 1. The van der Waals surface area contributed by atoms with Crippen LogP contribution in [0.4, 0.5) is 10.1 Å². The number of nitrogens with zero attached hydrogens (tertiary/aromatic N) is 2. The molecule has 1 aromatic carbocycles. The maximum absolute atomic E-state index is 14.1. The molecule has 2 heterocycles. The molecule has 2 aliphatic rings. The molecule has 0 aromatic heterocycles. The number of ether oxygens (including phenoxy) is 1. The summed E-state index contributed by atoms with van der Waals surface area (Å²) in [6, 6.07) is 4.55. The van der Waals surface area contributed by atoms with Crippen molar-refractivity contribution in [1.29, 1.82) is 0 Å². The summed E-state index contributed by atoms with van der Waals surface area (Å²) in [6.45, 7) is 4.96. The van der Waals surface area contributed by atoms with Gasteiger partial charge >= 0.3 is 5.97 Å². The van der Waals surface area contributed by atoms with Crippen LogP contribution in [-0.2, 0) is 4.74 Å². The molecule has 2 fully saturated rings. The molecule has 2 saturated heterocycles. The molecule has 3 rings (SSSR count). The van der Waals surface area contributed by atoms with Gasteiger partial charge in [0.25, 0.3) is 0 Å². The van der Waals surface area contributed by atoms with Crippen LogP contribution in [0.15, 0.2) is 18.2 Å². The number of carboxylic acid groups (broad SMARTS) is 1. The van der Waals surface area contributed by atoms with E-state index >= 15 is 0 Å². The van der Waals surface area contributed by atoms with Crippen LogP contribution in [0.2, 0.25) is 0 Å². The van der Waals surface area contributed by atoms with E-state index < -0.39 is 11.8 Å². The molecule has 0 saturated carbocycles. The third-order valence-corrected chi connectivity index (χ3v) is 4.26. The van der Waals surface area contributed by atoms with Crippen molar-refractivity contribution in [2.75, 3.05) is 44.3 Å². The first-order valence-corrected chi connectivity index (χ1v) is 7.25. The molecule has 5 nitrogen and oxygen atoms in total. The van der Waals surface area contributed by atoms with Gasteiger partial charge in [-0.05, 0) is 24.6 Å². The van der Waals surface area contributed by atoms with Crippen LogP contribution in [0.3, 0.4) is 0 Å². The summed E-state index contributed by atoms with van der Waals surface area (Å²) in [5.41, 5.74) is 0.482. The SMILES string of the molecule is O=C(O)c1ccc(N2CCC(N3CCOCC3)C2)c(F)c1. The number of halogens is 1. The normalized spacial score (nSPS) is 23.5. The minimum Gasteiger partial charge on any atom is -0.478 e. The summed E-state index contributed by atoms with van der Waals surface area (Å²) < 4.78 is 19.4. The quantitative estimate of drug-likeness (QED) is 0.914. The first-order valence-electron chi connectivity index (χ1n) is 7.25. The molecule has 1 aromatic rings. The number of aromatic carboxylic acids is 1. The van der Waals surface area contributed by atoms with Crippen LogP contribution in [0.1, 0.15) is 16.8 Å². The van der Waals surface area contributed by atoms with Crippen molar-refractivity contribution < 1.29 is 19.0 Å². The van der Waals surface area contributed by atoms with Crippen LogP contribution in [0.25, 0.3) is 0 Å². The van der Waals surface area contributed by atoms with Crippen molar-refractivity contribution >= 4 is 11.7 Å². The Hall–Kier alpha value is -1.66. The van der Waals surface area contributed by atoms with Gasteiger partial charge in [0.2, 0.25) is 0 Å². The average Bonchev–Trinajstić information content (AvgIpc) is 2.97. The van der Waals surface area contributed by atoms with E-state index in [2.05, 4.69) is 4.90 Å². The van der Waals surface area contributed by atoms with E-state index in [-0.39, 0.29) is 5.56 Å². The van der Waals surface area contributed by atoms with Crippen molar-refractivity contribution in [3.05, 3.63) is 29.6 Å². The standard InChI is InChI=1S/C15H19FN2O3/c16-13-9-11(15(19)20)1-2-14(13)18-4-3-12(10-18)17-5-7-21-8-6-17/h1-2,9,12H,3-8,10H2,(H,19,20). The molecule has 0 spiro atoms. The van der Waals surface area contributed by atoms with Crippen LogP contribution in [0.5, 0.6) is 0 Å². The zero-order valence-electron chi connectivity index (χ0n) is 11.8. The monoisotopic (exact) mass is 294 g/mol. The molecule has 0 aliphatic carbocycles. The van der Waals surface area contributed by atoms with Crippen LogP contribution < -0.4 is 4.90 Å². The Morgan fingerprint density at radius 1 is 1.29 bits per heavy atom. The van der Waals surface area contributed by atoms with E-state index in [1.807, 2.05) is 4.90 Å². The van der Waals surface area contributed by atoms with Crippen molar-refractivity contribution in [2.24, 2.45) is 0 Å². The van der Waals surface area contributed by atoms with Gasteiger partial charge in [-0.2, -0.15) is 0 Å². The highest BCUT2D eigenvalue weighted by Gasteiger charge is 2.30. The highest BCUT2D eigenvalue weighted by Crippen LogP contribution is 2.26. The molecule has 6 heteroatoms. The fraction of sp³-hybridized carbons (Fsp3) is 0.533. The molecule has 21 heavy (non-hydrogen) atoms. The van der Waals surface area contributed by atoms with Gasteiger partial charge in [-0.1, -0.05) is 0 Å². The molecule has 0 radical (unpaired) electrons. The summed E-state index contributed by atoms with van der Waals surface area (Å²) >= 11 is 0. The summed E-state index contributed by atoms with van der Waals surface area (Å²) in [7, 11) is 0. The predicted octanol–water partition coefficient (Wildman–Crippen LogP) is 1.43. The zero-order chi connectivity index (χ0) is 14.8. The van der Waals surface area contributed by atoms with Gasteiger partial charge in [0, 0.05) is 32.2 Å². The van der Waals surface area contributed by atoms with Gasteiger partial charge < -0.3 is 14.7 Å². The van der Waals surface area contributed by atoms with E-state index in [4.69, 9.17) is 9.84 Å². The summed E-state index contributed by atoms with van der Waals surface area (Å²) in [4.78, 5) is 15.2. The second-order valence-electron chi connectivity index (χ2n) is 5.51. The first kappa shape index (κ1) is 14.3. The number of hydrogen-bond donors (Lipinski definition) is 1. The molecular weight excluding hydrogens is 275 g/mol. The predicted molar refractivity (Wildman–Crippen MR) is 76.4 cm³/mol. The van der Waals surface area contributed by atoms with Gasteiger partial charge in [0.1, 0.15) is 5.82 Å². The molecular formula is C15H19FN2O3. The van der Waals surface area contributed by atoms with Crippen molar-refractivity contribution in [3.8, 4) is 0 Å². The number of rotatable bonds is 3. The van der Waals surface area contributed by atoms with Crippen LogP contribution in [-0.4, -0.2) is 61.4 Å². The second kappa shape index (κ2) is 5.99. The second-order valence-corrected chi connectivity index (χ2v) is 5.51. The van der Waals surface area contributed by atoms with Gasteiger partial charge in [-0.25, -0.2) is 9.18 Å². The Morgan fingerprint density at radius 3 is 2.71 bits per heavy atom. The fourth-order valence-corrected chi connectivity index (χ4v) is 3.10. The minimum absolute atomic E-state index is 0.0137. The third kappa shape index (κ3) is 3.01. The number of anilines is 1. The Kier molecular flexibility index (Phi) is 4.07. The van der Waals surface area contributed by atoms with Gasteiger partial charge in [0.15, 0.2) is 0 Å². The Balaban J connectivity index is 1.69. The maximum atomic E-state index is 14.1. The lowest BCUT2D eigenvalue weighted by Gasteiger charge is -2.32. The smallest absolute Gasteiger partial charge is 0.335 e. The van der Waals surface area contributed by atoms with E-state index in [1.54, 1.807) is 6.07 Å². The maximum Gasteiger partial charge on any atom is 0.335 e. The molecule has 0 amide bonds. The Bertz CT molecular complexity index is 532. The number of benzene rings is 1. The number of hydrogen-bond acceptors (Lipinski definition) is 4. The number of carbonyl (C=O) groups is 1. The van der Waals surface area contributed by atoms with Crippen LogP contribution >= 0.6 is 0 Å². The lowest BCUT2D eigenvalue weighted by Crippen LogP contribution is -2.44. The summed E-state index contributed by atoms with van der Waals surface area (Å²) in [6.07, 6.45) is 1.00. The van der Waals surface area contributed by atoms with E-state index in [9.17, 15) is 9.18 Å². The van der Waals surface area contributed by atoms with Gasteiger partial charge in [-0.15, -0.1) is 0 Å². The van der Waals surface area contributed by atoms with Crippen LogP contribution in [0, 0.1) is 5.82 Å². The Morgan fingerprint density at radius 2 is 2.05 bits per heavy atom. The fourth-order valence-electron chi connectivity index (χ4n) is 3.10. The van der Waals surface area contributed by atoms with E-state index in [0.29, 0.717) is 11.7 Å². The topological polar surface area (TPSA) is 53.0 Å². The van der Waals surface area contributed by atoms with Crippen molar-refractivity contribution in [1.82, 2.24) is 4.90 Å². The highest BCUT2D eigenvalue weighted by molar-refractivity contribution is 5.88. The lowest BCUT2D eigenvalue weighted by atomic mass is 10.2. The molecule has 1 unspecified atom stereocenters.